The molecule has 10 heteroatoms. The third-order valence-electron chi connectivity index (χ3n) is 8.14. The Bertz CT molecular complexity index is 1480. The van der Waals surface area contributed by atoms with E-state index >= 15 is 0 Å². The molecule has 2 aromatic heterocycles. The van der Waals surface area contributed by atoms with Crippen LogP contribution in [0.2, 0.25) is 5.02 Å². The van der Waals surface area contributed by atoms with Crippen LogP contribution in [0.5, 0.6) is 0 Å². The maximum Gasteiger partial charge on any atom is 0.355 e. The summed E-state index contributed by atoms with van der Waals surface area (Å²) in [6.45, 7) is 12.8. The molecule has 1 aromatic carbocycles. The van der Waals surface area contributed by atoms with Crippen molar-refractivity contribution in [3.63, 3.8) is 0 Å². The van der Waals surface area contributed by atoms with Gasteiger partial charge < -0.3 is 19.4 Å². The number of aromatic nitrogens is 3. The molecule has 212 valence electrons. The van der Waals surface area contributed by atoms with Crippen molar-refractivity contribution in [1.29, 1.82) is 0 Å². The number of benzene rings is 1. The van der Waals surface area contributed by atoms with Gasteiger partial charge in [0.25, 0.3) is 0 Å². The second-order valence-corrected chi connectivity index (χ2v) is 10.9. The van der Waals surface area contributed by atoms with Crippen LogP contribution in [0.3, 0.4) is 0 Å². The molecule has 0 aliphatic carbocycles. The Labute approximate surface area is 240 Å². The molecule has 0 unspecified atom stereocenters. The lowest BCUT2D eigenvalue weighted by Gasteiger charge is -2.40. The number of pyridine rings is 1. The van der Waals surface area contributed by atoms with E-state index in [4.69, 9.17) is 21.3 Å². The molecule has 0 spiro atoms. The Morgan fingerprint density at radius 1 is 1.12 bits per heavy atom. The van der Waals surface area contributed by atoms with Gasteiger partial charge in [-0.15, -0.1) is 0 Å². The summed E-state index contributed by atoms with van der Waals surface area (Å²) in [5, 5.41) is 1.21. The minimum Gasteiger partial charge on any atom is -0.380 e. The van der Waals surface area contributed by atoms with Gasteiger partial charge in [-0.2, -0.15) is 4.98 Å². The summed E-state index contributed by atoms with van der Waals surface area (Å²) in [7, 11) is 1.72. The molecule has 0 radical (unpaired) electrons. The number of ether oxygens (including phenoxy) is 1. The molecule has 2 fully saturated rings. The number of amides is 1. The Hall–Kier alpha value is -3.43. The zero-order chi connectivity index (χ0) is 28.6. The van der Waals surface area contributed by atoms with E-state index in [1.54, 1.807) is 16.6 Å². The van der Waals surface area contributed by atoms with Gasteiger partial charge in [0.1, 0.15) is 11.6 Å². The van der Waals surface area contributed by atoms with Gasteiger partial charge in [-0.05, 0) is 49.5 Å². The van der Waals surface area contributed by atoms with Crippen LogP contribution in [0.15, 0.2) is 41.7 Å². The van der Waals surface area contributed by atoms with E-state index in [2.05, 4.69) is 47.3 Å². The summed E-state index contributed by atoms with van der Waals surface area (Å²) < 4.78 is 7.26. The molecule has 9 nitrogen and oxygen atoms in total. The third-order valence-corrected chi connectivity index (χ3v) is 8.41. The number of hydrogen-bond acceptors (Lipinski definition) is 7. The summed E-state index contributed by atoms with van der Waals surface area (Å²) in [6, 6.07) is 7.97. The van der Waals surface area contributed by atoms with E-state index < -0.39 is 0 Å². The van der Waals surface area contributed by atoms with Crippen molar-refractivity contribution in [2.45, 2.75) is 52.2 Å². The molecule has 0 saturated carbocycles. The van der Waals surface area contributed by atoms with E-state index in [9.17, 15) is 9.59 Å². The lowest BCUT2D eigenvalue weighted by atomic mass is 10.0. The average Bonchev–Trinajstić information content (AvgIpc) is 3.45. The molecular formula is C30H37ClN6O3. The molecule has 1 amide bonds. The summed E-state index contributed by atoms with van der Waals surface area (Å²) >= 11 is 6.92. The van der Waals surface area contributed by atoms with E-state index in [0.717, 1.165) is 42.6 Å². The summed E-state index contributed by atoms with van der Waals surface area (Å²) in [5.74, 6) is 1.08. The van der Waals surface area contributed by atoms with Crippen LogP contribution in [0.25, 0.3) is 16.7 Å². The quantitative estimate of drug-likeness (QED) is 0.401. The minimum absolute atomic E-state index is 0.0720. The number of carbonyl (C=O) groups is 1. The first-order chi connectivity index (χ1) is 19.3. The standard InChI is InChI=1S/C30H37ClN6O3/c1-6-20-10-9-11-21(7-2)26(20)37-28-23(16-24(31)29(32-28)35-13-12-22(18-35)40-5)27(33-30(37)39)36-15-14-34(17-19(36)4)25(38)8-3/h8-11,16,19,22H,3,6-7,12-15,17-18H2,1-2,4-5H3/t19-,22-/m0/s1. The molecule has 5 rings (SSSR count). The fraction of sp³-hybridized carbons (Fsp3) is 0.467. The van der Waals surface area contributed by atoms with Gasteiger partial charge in [0, 0.05) is 45.9 Å². The van der Waals surface area contributed by atoms with Gasteiger partial charge in [0.05, 0.1) is 22.2 Å². The molecule has 2 aliphatic rings. The average molecular weight is 565 g/mol. The van der Waals surface area contributed by atoms with Crippen LogP contribution >= 0.6 is 11.6 Å². The van der Waals surface area contributed by atoms with Crippen LogP contribution in [0.1, 0.15) is 38.3 Å². The van der Waals surface area contributed by atoms with Crippen molar-refractivity contribution in [2.75, 3.05) is 49.6 Å². The first-order valence-electron chi connectivity index (χ1n) is 14.0. The number of rotatable bonds is 7. The molecule has 4 heterocycles. The molecule has 2 atom stereocenters. The number of para-hydroxylation sites is 1. The first-order valence-corrected chi connectivity index (χ1v) is 14.4. The van der Waals surface area contributed by atoms with Crippen LogP contribution in [0, 0.1) is 0 Å². The molecule has 2 saturated heterocycles. The molecule has 3 aromatic rings. The van der Waals surface area contributed by atoms with Crippen molar-refractivity contribution in [3.05, 3.63) is 63.6 Å². The highest BCUT2D eigenvalue weighted by atomic mass is 35.5. The smallest absolute Gasteiger partial charge is 0.355 e. The second kappa shape index (κ2) is 11.6. The van der Waals surface area contributed by atoms with Gasteiger partial charge in [-0.25, -0.2) is 14.3 Å². The fourth-order valence-corrected chi connectivity index (χ4v) is 6.23. The maximum atomic E-state index is 14.0. The lowest BCUT2D eigenvalue weighted by molar-refractivity contribution is -0.126. The van der Waals surface area contributed by atoms with Crippen LogP contribution in [-0.4, -0.2) is 77.3 Å². The van der Waals surface area contributed by atoms with Gasteiger partial charge in [-0.3, -0.25) is 4.79 Å². The highest BCUT2D eigenvalue weighted by Crippen LogP contribution is 2.36. The second-order valence-electron chi connectivity index (χ2n) is 10.5. The van der Waals surface area contributed by atoms with Crippen LogP contribution < -0.4 is 15.5 Å². The zero-order valence-corrected chi connectivity index (χ0v) is 24.4. The SMILES string of the molecule is C=CC(=O)N1CCN(c2nc(=O)n(-c3c(CC)cccc3CC)c3nc(N4CC[C@H](OC)C4)c(Cl)cc23)[C@@H](C)C1. The molecule has 0 N–H and O–H groups in total. The number of hydrogen-bond donors (Lipinski definition) is 0. The van der Waals surface area contributed by atoms with E-state index in [1.165, 1.54) is 6.08 Å². The highest BCUT2D eigenvalue weighted by molar-refractivity contribution is 6.33. The van der Waals surface area contributed by atoms with Gasteiger partial charge in [0.15, 0.2) is 5.65 Å². The number of halogens is 1. The van der Waals surface area contributed by atoms with E-state index in [0.29, 0.717) is 53.9 Å². The zero-order valence-electron chi connectivity index (χ0n) is 23.7. The predicted molar refractivity (Wildman–Crippen MR) is 160 cm³/mol. The highest BCUT2D eigenvalue weighted by Gasteiger charge is 2.31. The Morgan fingerprint density at radius 3 is 2.45 bits per heavy atom. The van der Waals surface area contributed by atoms with Crippen molar-refractivity contribution in [2.24, 2.45) is 0 Å². The monoisotopic (exact) mass is 564 g/mol. The topological polar surface area (TPSA) is 83.8 Å². The number of aryl methyl sites for hydroxylation is 2. The van der Waals surface area contributed by atoms with Crippen molar-refractivity contribution in [3.8, 4) is 5.69 Å². The number of fused-ring (bicyclic) bond motifs is 1. The van der Waals surface area contributed by atoms with Gasteiger partial charge in [-0.1, -0.05) is 50.2 Å². The van der Waals surface area contributed by atoms with Gasteiger partial charge >= 0.3 is 5.69 Å². The number of methoxy groups -OCH3 is 1. The summed E-state index contributed by atoms with van der Waals surface area (Å²) in [6.07, 6.45) is 3.84. The Balaban J connectivity index is 1.74. The Morgan fingerprint density at radius 2 is 1.85 bits per heavy atom. The molecular weight excluding hydrogens is 528 g/mol. The fourth-order valence-electron chi connectivity index (χ4n) is 5.96. The van der Waals surface area contributed by atoms with E-state index in [1.807, 2.05) is 19.1 Å². The number of anilines is 2. The molecule has 2 aliphatic heterocycles. The first kappa shape index (κ1) is 28.1. The number of nitrogens with zero attached hydrogens (tertiary/aromatic N) is 6. The lowest BCUT2D eigenvalue weighted by Crippen LogP contribution is -2.54. The molecule has 40 heavy (non-hydrogen) atoms. The Kier molecular flexibility index (Phi) is 8.14. The van der Waals surface area contributed by atoms with E-state index in [-0.39, 0.29) is 23.7 Å². The van der Waals surface area contributed by atoms with Crippen molar-refractivity contribution in [1.82, 2.24) is 19.4 Å². The number of piperazine rings is 1. The maximum absolute atomic E-state index is 14.0. The van der Waals surface area contributed by atoms with Crippen LogP contribution in [0.4, 0.5) is 11.6 Å². The normalized spacial score (nSPS) is 19.5. The minimum atomic E-state index is -0.383. The van der Waals surface area contributed by atoms with Gasteiger partial charge in [0.2, 0.25) is 5.91 Å². The number of carbonyl (C=O) groups excluding carboxylic acids is 1. The largest absolute Gasteiger partial charge is 0.380 e. The molecule has 0 bridgehead atoms. The predicted octanol–water partition coefficient (Wildman–Crippen LogP) is 4.01. The third kappa shape index (κ3) is 4.97. The van der Waals surface area contributed by atoms with Crippen LogP contribution in [-0.2, 0) is 22.4 Å². The summed E-state index contributed by atoms with van der Waals surface area (Å²) in [5.41, 5.74) is 3.10. The van der Waals surface area contributed by atoms with Crippen molar-refractivity contribution >= 4 is 40.2 Å². The summed E-state index contributed by atoms with van der Waals surface area (Å²) in [4.78, 5) is 42.0. The van der Waals surface area contributed by atoms with Crippen molar-refractivity contribution < 1.29 is 9.53 Å².